The van der Waals surface area contributed by atoms with Crippen LogP contribution in [0.1, 0.15) is 49.6 Å². The molecule has 35 heavy (non-hydrogen) atoms. The molecule has 0 aliphatic carbocycles. The molecular formula is C24H31ClF2N6O2. The largest absolute Gasteiger partial charge is 0.348 e. The molecule has 190 valence electrons. The third-order valence-corrected chi connectivity index (χ3v) is 8.02. The molecule has 11 heteroatoms. The molecule has 2 aromatic rings. The molecule has 3 aliphatic rings. The van der Waals surface area contributed by atoms with Crippen molar-refractivity contribution in [3.05, 3.63) is 28.9 Å². The van der Waals surface area contributed by atoms with Crippen molar-refractivity contribution >= 4 is 34.3 Å². The summed E-state index contributed by atoms with van der Waals surface area (Å²) in [6.07, 6.45) is 3.91. The SMILES string of the molecule is CC(=O)N1CCN(CCN2C3CCC2CC(NC(=O)c2nn(C(F)F)c4cc(Cl)ccc24)C3)CC1. The van der Waals surface area contributed by atoms with Crippen molar-refractivity contribution in [1.82, 2.24) is 29.8 Å². The van der Waals surface area contributed by atoms with Gasteiger partial charge in [-0.2, -0.15) is 13.9 Å². The summed E-state index contributed by atoms with van der Waals surface area (Å²) < 4.78 is 27.5. The van der Waals surface area contributed by atoms with Gasteiger partial charge in [0, 0.05) is 74.7 Å². The first-order valence-electron chi connectivity index (χ1n) is 12.3. The number of piperazine rings is 1. The van der Waals surface area contributed by atoms with Gasteiger partial charge in [0.25, 0.3) is 5.91 Å². The van der Waals surface area contributed by atoms with Crippen LogP contribution in [0.4, 0.5) is 8.78 Å². The van der Waals surface area contributed by atoms with E-state index < -0.39 is 12.5 Å². The number of hydrogen-bond donors (Lipinski definition) is 1. The van der Waals surface area contributed by atoms with Crippen LogP contribution in [0.25, 0.3) is 10.9 Å². The van der Waals surface area contributed by atoms with Crippen LogP contribution < -0.4 is 5.32 Å². The number of alkyl halides is 2. The molecule has 3 fully saturated rings. The van der Waals surface area contributed by atoms with Crippen molar-refractivity contribution in [3.8, 4) is 0 Å². The van der Waals surface area contributed by atoms with Gasteiger partial charge in [-0.3, -0.25) is 19.4 Å². The molecule has 3 saturated heterocycles. The summed E-state index contributed by atoms with van der Waals surface area (Å²) in [6.45, 7) is 4.13. The Hall–Kier alpha value is -2.30. The molecule has 2 unspecified atom stereocenters. The Morgan fingerprint density at radius 1 is 1.11 bits per heavy atom. The topological polar surface area (TPSA) is 73.7 Å². The smallest absolute Gasteiger partial charge is 0.333 e. The van der Waals surface area contributed by atoms with Gasteiger partial charge in [0.2, 0.25) is 5.91 Å². The molecule has 2 bridgehead atoms. The van der Waals surface area contributed by atoms with E-state index in [-0.39, 0.29) is 23.2 Å². The molecule has 1 N–H and O–H groups in total. The van der Waals surface area contributed by atoms with Gasteiger partial charge in [0.15, 0.2) is 5.69 Å². The highest BCUT2D eigenvalue weighted by molar-refractivity contribution is 6.31. The highest BCUT2D eigenvalue weighted by atomic mass is 35.5. The van der Waals surface area contributed by atoms with E-state index in [1.54, 1.807) is 19.1 Å². The van der Waals surface area contributed by atoms with Crippen LogP contribution in [-0.4, -0.2) is 93.7 Å². The average Bonchev–Trinajstić information content (AvgIpc) is 3.31. The average molecular weight is 509 g/mol. The van der Waals surface area contributed by atoms with Crippen molar-refractivity contribution in [3.63, 3.8) is 0 Å². The zero-order valence-corrected chi connectivity index (χ0v) is 20.6. The van der Waals surface area contributed by atoms with Crippen molar-refractivity contribution in [2.45, 2.75) is 57.3 Å². The molecule has 3 aliphatic heterocycles. The minimum atomic E-state index is -2.86. The third kappa shape index (κ3) is 5.01. The number of fused-ring (bicyclic) bond motifs is 3. The number of carbonyl (C=O) groups excluding carboxylic acids is 2. The highest BCUT2D eigenvalue weighted by Crippen LogP contribution is 2.36. The lowest BCUT2D eigenvalue weighted by atomic mass is 9.97. The molecule has 4 heterocycles. The molecule has 2 atom stereocenters. The van der Waals surface area contributed by atoms with Gasteiger partial charge in [-0.05, 0) is 43.9 Å². The van der Waals surface area contributed by atoms with Crippen molar-refractivity contribution in [2.75, 3.05) is 39.3 Å². The third-order valence-electron chi connectivity index (χ3n) is 7.78. The van der Waals surface area contributed by atoms with E-state index in [0.29, 0.717) is 27.2 Å². The minimum absolute atomic E-state index is 0.00517. The fraction of sp³-hybridized carbons (Fsp3) is 0.625. The van der Waals surface area contributed by atoms with Crippen molar-refractivity contribution in [2.24, 2.45) is 0 Å². The Morgan fingerprint density at radius 3 is 2.43 bits per heavy atom. The zero-order chi connectivity index (χ0) is 24.7. The number of nitrogens with one attached hydrogen (secondary N) is 1. The van der Waals surface area contributed by atoms with Crippen molar-refractivity contribution < 1.29 is 18.4 Å². The number of aromatic nitrogens is 2. The van der Waals surface area contributed by atoms with Gasteiger partial charge in [-0.25, -0.2) is 4.68 Å². The monoisotopic (exact) mass is 508 g/mol. The molecule has 8 nitrogen and oxygen atoms in total. The maximum absolute atomic E-state index is 13.5. The van der Waals surface area contributed by atoms with Crippen LogP contribution in [0, 0.1) is 0 Å². The molecule has 0 spiro atoms. The number of benzene rings is 1. The van der Waals surface area contributed by atoms with Gasteiger partial charge < -0.3 is 10.2 Å². The summed E-state index contributed by atoms with van der Waals surface area (Å²) in [5, 5.41) is 7.67. The normalized spacial score (nSPS) is 25.5. The number of amides is 2. The van der Waals surface area contributed by atoms with Gasteiger partial charge in [0.05, 0.1) is 5.52 Å². The molecule has 0 radical (unpaired) electrons. The summed E-state index contributed by atoms with van der Waals surface area (Å²) in [5.74, 6) is -0.275. The predicted octanol–water partition coefficient (Wildman–Crippen LogP) is 2.97. The first kappa shape index (κ1) is 24.4. The number of nitrogens with zero attached hydrogens (tertiary/aromatic N) is 5. The molecule has 1 aromatic carbocycles. The Morgan fingerprint density at radius 2 is 1.80 bits per heavy atom. The fourth-order valence-corrected chi connectivity index (χ4v) is 6.15. The maximum atomic E-state index is 13.5. The van der Waals surface area contributed by atoms with Crippen LogP contribution in [0.2, 0.25) is 5.02 Å². The molecular weight excluding hydrogens is 478 g/mol. The number of rotatable bonds is 6. The second-order valence-corrected chi connectivity index (χ2v) is 10.3. The lowest BCUT2D eigenvalue weighted by molar-refractivity contribution is -0.130. The quantitative estimate of drug-likeness (QED) is 0.649. The molecule has 0 saturated carbocycles. The molecule has 5 rings (SSSR count). The van der Waals surface area contributed by atoms with Gasteiger partial charge >= 0.3 is 6.55 Å². The molecule has 1 aromatic heterocycles. The van der Waals surface area contributed by atoms with Crippen LogP contribution in [-0.2, 0) is 4.79 Å². The Bertz CT molecular complexity index is 1090. The van der Waals surface area contributed by atoms with E-state index in [1.807, 2.05) is 4.90 Å². The van der Waals surface area contributed by atoms with Crippen LogP contribution in [0.5, 0.6) is 0 Å². The molecule has 2 amide bonds. The Kier molecular flexibility index (Phi) is 6.96. The zero-order valence-electron chi connectivity index (χ0n) is 19.8. The summed E-state index contributed by atoms with van der Waals surface area (Å²) in [4.78, 5) is 31.5. The second kappa shape index (κ2) is 9.99. The van der Waals surface area contributed by atoms with Gasteiger partial charge in [-0.1, -0.05) is 11.6 Å². The van der Waals surface area contributed by atoms with Gasteiger partial charge in [0.1, 0.15) is 0 Å². The van der Waals surface area contributed by atoms with Gasteiger partial charge in [-0.15, -0.1) is 0 Å². The van der Waals surface area contributed by atoms with E-state index >= 15 is 0 Å². The number of halogens is 3. The lowest BCUT2D eigenvalue weighted by Crippen LogP contribution is -2.54. The summed E-state index contributed by atoms with van der Waals surface area (Å²) >= 11 is 5.98. The summed E-state index contributed by atoms with van der Waals surface area (Å²) in [5.41, 5.74) is 0.160. The Balaban J connectivity index is 1.18. The summed E-state index contributed by atoms with van der Waals surface area (Å²) in [6, 6.07) is 5.37. The first-order chi connectivity index (χ1) is 16.8. The number of hydrogen-bond acceptors (Lipinski definition) is 5. The fourth-order valence-electron chi connectivity index (χ4n) is 5.98. The van der Waals surface area contributed by atoms with Crippen LogP contribution in [0.3, 0.4) is 0 Å². The number of piperidine rings is 1. The summed E-state index contributed by atoms with van der Waals surface area (Å²) in [7, 11) is 0. The second-order valence-electron chi connectivity index (χ2n) is 9.84. The standard InChI is InChI=1S/C24H31ClF2N6O2/c1-15(34)31-9-6-30(7-10-31)8-11-32-18-3-4-19(32)14-17(13-18)28-23(35)22-20-5-2-16(25)12-21(20)33(29-22)24(26)27/h2,5,12,17-19,24H,3-4,6-11,13-14H2,1H3,(H,28,35). The minimum Gasteiger partial charge on any atom is -0.348 e. The van der Waals surface area contributed by atoms with E-state index in [1.165, 1.54) is 6.07 Å². The first-order valence-corrected chi connectivity index (χ1v) is 12.7. The van der Waals surface area contributed by atoms with E-state index in [9.17, 15) is 18.4 Å². The van der Waals surface area contributed by atoms with E-state index in [4.69, 9.17) is 11.6 Å². The predicted molar refractivity (Wildman–Crippen MR) is 129 cm³/mol. The van der Waals surface area contributed by atoms with Crippen LogP contribution in [0.15, 0.2) is 18.2 Å². The number of carbonyl (C=O) groups is 2. The highest BCUT2D eigenvalue weighted by Gasteiger charge is 2.41. The lowest BCUT2D eigenvalue weighted by Gasteiger charge is -2.41. The van der Waals surface area contributed by atoms with Crippen molar-refractivity contribution in [1.29, 1.82) is 0 Å². The van der Waals surface area contributed by atoms with E-state index in [0.717, 1.165) is 65.0 Å². The van der Waals surface area contributed by atoms with E-state index in [2.05, 4.69) is 20.2 Å². The maximum Gasteiger partial charge on any atom is 0.333 e. The van der Waals surface area contributed by atoms with Crippen LogP contribution >= 0.6 is 11.6 Å². The Labute approximate surface area is 208 Å².